The Hall–Kier alpha value is -2.14. The van der Waals surface area contributed by atoms with Gasteiger partial charge in [0.05, 0.1) is 12.0 Å². The number of rotatable bonds is 3. The van der Waals surface area contributed by atoms with E-state index in [0.29, 0.717) is 12.0 Å². The smallest absolute Gasteiger partial charge is 0.126 e. The molecule has 2 aromatic rings. The monoisotopic (exact) mass is 239 g/mol. The van der Waals surface area contributed by atoms with Crippen molar-refractivity contribution in [3.8, 4) is 6.07 Å². The summed E-state index contributed by atoms with van der Waals surface area (Å²) in [6.45, 7) is 1.97. The average Bonchev–Trinajstić information content (AvgIpc) is 2.39. The Kier molecular flexibility index (Phi) is 3.74. The second-order valence-corrected chi connectivity index (χ2v) is 4.33. The Morgan fingerprint density at radius 3 is 2.44 bits per heavy atom. The van der Waals surface area contributed by atoms with Crippen LogP contribution in [0.3, 0.4) is 0 Å². The summed E-state index contributed by atoms with van der Waals surface area (Å²) >= 11 is 0. The number of hydrogen-bond acceptors (Lipinski definition) is 1. The molecule has 1 unspecified atom stereocenters. The van der Waals surface area contributed by atoms with Crippen LogP contribution in [-0.2, 0) is 6.42 Å². The molecule has 0 aromatic heterocycles. The van der Waals surface area contributed by atoms with Gasteiger partial charge in [0.1, 0.15) is 5.82 Å². The second-order valence-electron chi connectivity index (χ2n) is 4.33. The Balaban J connectivity index is 2.30. The van der Waals surface area contributed by atoms with Crippen molar-refractivity contribution in [2.75, 3.05) is 0 Å². The minimum Gasteiger partial charge on any atom is -0.207 e. The van der Waals surface area contributed by atoms with Gasteiger partial charge in [-0.15, -0.1) is 0 Å². The lowest BCUT2D eigenvalue weighted by Crippen LogP contribution is -2.04. The fourth-order valence-electron chi connectivity index (χ4n) is 2.09. The Labute approximate surface area is 107 Å². The van der Waals surface area contributed by atoms with E-state index in [1.807, 2.05) is 31.2 Å². The average molecular weight is 239 g/mol. The van der Waals surface area contributed by atoms with Crippen molar-refractivity contribution in [1.82, 2.24) is 0 Å². The van der Waals surface area contributed by atoms with Gasteiger partial charge in [0.25, 0.3) is 0 Å². The standard InChI is InChI=1S/C16H14FN/c1-12-6-2-4-8-15(12)14(11-18)10-13-7-3-5-9-16(13)17/h2-9,14H,10H2,1H3. The highest BCUT2D eigenvalue weighted by atomic mass is 19.1. The summed E-state index contributed by atoms with van der Waals surface area (Å²) in [5.41, 5.74) is 2.64. The maximum absolute atomic E-state index is 13.6. The summed E-state index contributed by atoms with van der Waals surface area (Å²) in [7, 11) is 0. The van der Waals surface area contributed by atoms with Gasteiger partial charge in [-0.25, -0.2) is 4.39 Å². The fourth-order valence-corrected chi connectivity index (χ4v) is 2.09. The van der Waals surface area contributed by atoms with Gasteiger partial charge in [-0.3, -0.25) is 0 Å². The van der Waals surface area contributed by atoms with Gasteiger partial charge < -0.3 is 0 Å². The third kappa shape index (κ3) is 2.57. The van der Waals surface area contributed by atoms with Gasteiger partial charge >= 0.3 is 0 Å². The zero-order chi connectivity index (χ0) is 13.0. The molecule has 0 saturated heterocycles. The van der Waals surface area contributed by atoms with Crippen LogP contribution in [0, 0.1) is 24.1 Å². The van der Waals surface area contributed by atoms with Crippen molar-refractivity contribution < 1.29 is 4.39 Å². The van der Waals surface area contributed by atoms with Crippen molar-refractivity contribution >= 4 is 0 Å². The maximum atomic E-state index is 13.6. The molecule has 0 spiro atoms. The zero-order valence-electron chi connectivity index (χ0n) is 10.2. The molecule has 18 heavy (non-hydrogen) atoms. The molecule has 1 atom stereocenters. The topological polar surface area (TPSA) is 23.8 Å². The minimum atomic E-state index is -0.303. The molecule has 0 aliphatic heterocycles. The van der Waals surface area contributed by atoms with E-state index in [0.717, 1.165) is 11.1 Å². The van der Waals surface area contributed by atoms with Crippen LogP contribution in [0.15, 0.2) is 48.5 Å². The van der Waals surface area contributed by atoms with E-state index in [1.165, 1.54) is 6.07 Å². The van der Waals surface area contributed by atoms with Crippen LogP contribution in [0.4, 0.5) is 4.39 Å². The second kappa shape index (κ2) is 5.46. The predicted molar refractivity (Wildman–Crippen MR) is 69.6 cm³/mol. The molecule has 0 aliphatic rings. The molecular formula is C16H14FN. The molecule has 0 heterocycles. The van der Waals surface area contributed by atoms with Crippen LogP contribution in [-0.4, -0.2) is 0 Å². The number of nitriles is 1. The van der Waals surface area contributed by atoms with Gasteiger partial charge in [-0.2, -0.15) is 5.26 Å². The first kappa shape index (κ1) is 12.3. The van der Waals surface area contributed by atoms with E-state index in [1.54, 1.807) is 18.2 Å². The van der Waals surface area contributed by atoms with Crippen molar-refractivity contribution in [3.63, 3.8) is 0 Å². The van der Waals surface area contributed by atoms with Crippen LogP contribution in [0.1, 0.15) is 22.6 Å². The molecule has 90 valence electrons. The van der Waals surface area contributed by atoms with Gasteiger partial charge in [-0.1, -0.05) is 42.5 Å². The fraction of sp³-hybridized carbons (Fsp3) is 0.188. The number of nitrogens with zero attached hydrogens (tertiary/aromatic N) is 1. The molecule has 2 heteroatoms. The van der Waals surface area contributed by atoms with E-state index in [-0.39, 0.29) is 11.7 Å². The van der Waals surface area contributed by atoms with E-state index in [2.05, 4.69) is 6.07 Å². The lowest BCUT2D eigenvalue weighted by atomic mass is 9.90. The number of benzene rings is 2. The molecule has 0 saturated carbocycles. The first-order valence-electron chi connectivity index (χ1n) is 5.91. The van der Waals surface area contributed by atoms with Crippen LogP contribution in [0.25, 0.3) is 0 Å². The zero-order valence-corrected chi connectivity index (χ0v) is 10.2. The van der Waals surface area contributed by atoms with Gasteiger partial charge in [0, 0.05) is 0 Å². The summed E-state index contributed by atoms with van der Waals surface area (Å²) in [5.74, 6) is -0.547. The lowest BCUT2D eigenvalue weighted by molar-refractivity contribution is 0.604. The van der Waals surface area contributed by atoms with Crippen LogP contribution >= 0.6 is 0 Å². The van der Waals surface area contributed by atoms with Gasteiger partial charge in [0.15, 0.2) is 0 Å². The minimum absolute atomic E-state index is 0.244. The van der Waals surface area contributed by atoms with Gasteiger partial charge in [0.2, 0.25) is 0 Å². The highest BCUT2D eigenvalue weighted by Crippen LogP contribution is 2.24. The molecule has 0 N–H and O–H groups in total. The summed E-state index contributed by atoms with van der Waals surface area (Å²) in [6.07, 6.45) is 0.411. The maximum Gasteiger partial charge on any atom is 0.126 e. The lowest BCUT2D eigenvalue weighted by Gasteiger charge is -2.12. The van der Waals surface area contributed by atoms with E-state index >= 15 is 0 Å². The third-order valence-corrected chi connectivity index (χ3v) is 3.10. The first-order valence-corrected chi connectivity index (χ1v) is 5.91. The molecule has 1 nitrogen and oxygen atoms in total. The molecule has 0 bridgehead atoms. The molecule has 0 aliphatic carbocycles. The molecular weight excluding hydrogens is 225 g/mol. The summed E-state index contributed by atoms with van der Waals surface area (Å²) in [6, 6.07) is 16.7. The van der Waals surface area contributed by atoms with Crippen molar-refractivity contribution in [1.29, 1.82) is 5.26 Å². The van der Waals surface area contributed by atoms with Crippen molar-refractivity contribution in [2.45, 2.75) is 19.3 Å². The Morgan fingerprint density at radius 2 is 1.78 bits per heavy atom. The van der Waals surface area contributed by atoms with E-state index in [9.17, 15) is 9.65 Å². The summed E-state index contributed by atoms with van der Waals surface area (Å²) in [4.78, 5) is 0. The third-order valence-electron chi connectivity index (χ3n) is 3.10. The van der Waals surface area contributed by atoms with Crippen LogP contribution in [0.5, 0.6) is 0 Å². The van der Waals surface area contributed by atoms with Crippen molar-refractivity contribution in [3.05, 3.63) is 71.0 Å². The predicted octanol–water partition coefficient (Wildman–Crippen LogP) is 3.98. The molecule has 0 amide bonds. The SMILES string of the molecule is Cc1ccccc1C(C#N)Cc1ccccc1F. The van der Waals surface area contributed by atoms with Crippen molar-refractivity contribution in [2.24, 2.45) is 0 Å². The number of hydrogen-bond donors (Lipinski definition) is 0. The largest absolute Gasteiger partial charge is 0.207 e. The molecule has 2 aromatic carbocycles. The highest BCUT2D eigenvalue weighted by Gasteiger charge is 2.15. The molecule has 0 radical (unpaired) electrons. The van der Waals surface area contributed by atoms with Gasteiger partial charge in [-0.05, 0) is 36.1 Å². The molecule has 2 rings (SSSR count). The summed E-state index contributed by atoms with van der Waals surface area (Å²) < 4.78 is 13.6. The number of halogens is 1. The Bertz CT molecular complexity index is 584. The van der Waals surface area contributed by atoms with Crippen LogP contribution in [0.2, 0.25) is 0 Å². The Morgan fingerprint density at radius 1 is 1.11 bits per heavy atom. The van der Waals surface area contributed by atoms with E-state index in [4.69, 9.17) is 0 Å². The first-order chi connectivity index (χ1) is 8.72. The highest BCUT2D eigenvalue weighted by molar-refractivity contribution is 5.35. The quantitative estimate of drug-likeness (QED) is 0.794. The normalized spacial score (nSPS) is 11.8. The van der Waals surface area contributed by atoms with E-state index < -0.39 is 0 Å². The molecule has 0 fully saturated rings. The number of aryl methyl sites for hydroxylation is 1. The van der Waals surface area contributed by atoms with Crippen LogP contribution < -0.4 is 0 Å². The summed E-state index contributed by atoms with van der Waals surface area (Å²) in [5, 5.41) is 9.28.